The number of esters is 1. The molecule has 1 aliphatic carbocycles. The quantitative estimate of drug-likeness (QED) is 0.362. The van der Waals surface area contributed by atoms with Crippen molar-refractivity contribution in [2.75, 3.05) is 34.5 Å². The first kappa shape index (κ1) is 28.5. The molecule has 0 radical (unpaired) electrons. The van der Waals surface area contributed by atoms with Crippen LogP contribution in [-0.2, 0) is 14.3 Å². The fourth-order valence-corrected chi connectivity index (χ4v) is 6.03. The van der Waals surface area contributed by atoms with Crippen LogP contribution in [0.3, 0.4) is 0 Å². The van der Waals surface area contributed by atoms with E-state index in [9.17, 15) is 9.59 Å². The van der Waals surface area contributed by atoms with E-state index >= 15 is 0 Å². The maximum atomic E-state index is 13.9. The van der Waals surface area contributed by atoms with Gasteiger partial charge in [-0.2, -0.15) is 0 Å². The summed E-state index contributed by atoms with van der Waals surface area (Å²) in [4.78, 5) is 27.2. The predicted molar refractivity (Wildman–Crippen MR) is 151 cm³/mol. The molecule has 8 nitrogen and oxygen atoms in total. The van der Waals surface area contributed by atoms with Gasteiger partial charge < -0.3 is 29.0 Å². The molecule has 0 unspecified atom stereocenters. The SMILES string of the molecule is CCOC(=O)C1=C(C)NC2=C(C(=O)C[C@H](c3ccc(OC)c(OC)c3)C2)[C@H]1c1cc(Br)c(OC)c(OCC)c1. The minimum atomic E-state index is -0.624. The van der Waals surface area contributed by atoms with Gasteiger partial charge in [0, 0.05) is 29.3 Å². The highest BCUT2D eigenvalue weighted by molar-refractivity contribution is 9.10. The number of hydrogen-bond acceptors (Lipinski definition) is 8. The molecular formula is C30H34BrNO7. The molecule has 1 N–H and O–H groups in total. The van der Waals surface area contributed by atoms with Crippen LogP contribution < -0.4 is 24.3 Å². The summed E-state index contributed by atoms with van der Waals surface area (Å²) >= 11 is 3.59. The number of allylic oxidation sites excluding steroid dienone is 3. The standard InChI is InChI=1S/C30H34BrNO7/c1-7-38-25-15-19(11-20(31)29(25)37-6)27-26(30(34)39-8-2)16(3)32-21-12-18(13-22(33)28(21)27)17-9-10-23(35-4)24(14-17)36-5/h9-11,14-15,18,27,32H,7-8,12-13H2,1-6H3/t18-,27+/m1/s1. The van der Waals surface area contributed by atoms with Crippen molar-refractivity contribution in [1.29, 1.82) is 0 Å². The zero-order valence-corrected chi connectivity index (χ0v) is 24.7. The zero-order valence-electron chi connectivity index (χ0n) is 23.1. The lowest BCUT2D eigenvalue weighted by atomic mass is 9.71. The monoisotopic (exact) mass is 599 g/mol. The van der Waals surface area contributed by atoms with Crippen molar-refractivity contribution in [3.8, 4) is 23.0 Å². The Morgan fingerprint density at radius 2 is 1.67 bits per heavy atom. The van der Waals surface area contributed by atoms with E-state index in [0.717, 1.165) is 16.8 Å². The van der Waals surface area contributed by atoms with Gasteiger partial charge in [-0.1, -0.05) is 6.07 Å². The smallest absolute Gasteiger partial charge is 0.336 e. The summed E-state index contributed by atoms with van der Waals surface area (Å²) in [5.41, 5.74) is 4.15. The average molecular weight is 601 g/mol. The van der Waals surface area contributed by atoms with Crippen LogP contribution in [0.25, 0.3) is 0 Å². The summed E-state index contributed by atoms with van der Waals surface area (Å²) in [6.07, 6.45) is 0.882. The highest BCUT2D eigenvalue weighted by atomic mass is 79.9. The molecule has 0 bridgehead atoms. The van der Waals surface area contributed by atoms with E-state index in [1.165, 1.54) is 0 Å². The predicted octanol–water partition coefficient (Wildman–Crippen LogP) is 5.80. The maximum absolute atomic E-state index is 13.9. The van der Waals surface area contributed by atoms with E-state index < -0.39 is 11.9 Å². The normalized spacial score (nSPS) is 18.8. The van der Waals surface area contributed by atoms with Gasteiger partial charge in [0.15, 0.2) is 28.8 Å². The van der Waals surface area contributed by atoms with Gasteiger partial charge >= 0.3 is 5.97 Å². The lowest BCUT2D eigenvalue weighted by Gasteiger charge is -2.37. The number of ketones is 1. The van der Waals surface area contributed by atoms with E-state index in [4.69, 9.17) is 23.7 Å². The minimum absolute atomic E-state index is 0.0345. The van der Waals surface area contributed by atoms with Crippen molar-refractivity contribution >= 4 is 27.7 Å². The molecule has 2 aliphatic rings. The molecule has 0 saturated carbocycles. The molecule has 4 rings (SSSR count). The van der Waals surface area contributed by atoms with Crippen LogP contribution >= 0.6 is 15.9 Å². The first-order valence-electron chi connectivity index (χ1n) is 12.9. The summed E-state index contributed by atoms with van der Waals surface area (Å²) in [5, 5.41) is 3.38. The van der Waals surface area contributed by atoms with Gasteiger partial charge in [0.2, 0.25) is 0 Å². The second kappa shape index (κ2) is 12.2. The largest absolute Gasteiger partial charge is 0.493 e. The number of ether oxygens (including phenoxy) is 5. The van der Waals surface area contributed by atoms with Crippen LogP contribution in [-0.4, -0.2) is 46.3 Å². The van der Waals surface area contributed by atoms with E-state index in [2.05, 4.69) is 21.2 Å². The number of carbonyl (C=O) groups excluding carboxylic acids is 2. The van der Waals surface area contributed by atoms with Gasteiger partial charge in [0.1, 0.15) is 0 Å². The number of Topliss-reactive ketones (excluding diaryl/α,β-unsaturated/α-hetero) is 1. The van der Waals surface area contributed by atoms with Gasteiger partial charge in [-0.25, -0.2) is 4.79 Å². The Kier molecular flexibility index (Phi) is 8.90. The molecule has 0 aromatic heterocycles. The molecule has 39 heavy (non-hydrogen) atoms. The third-order valence-electron chi connectivity index (χ3n) is 7.07. The van der Waals surface area contributed by atoms with Crippen molar-refractivity contribution < 1.29 is 33.3 Å². The summed E-state index contributed by atoms with van der Waals surface area (Å²) < 4.78 is 28.4. The summed E-state index contributed by atoms with van der Waals surface area (Å²) in [6, 6.07) is 9.46. The Labute approximate surface area is 237 Å². The van der Waals surface area contributed by atoms with Gasteiger partial charge in [-0.3, -0.25) is 4.79 Å². The summed E-state index contributed by atoms with van der Waals surface area (Å²) in [7, 11) is 4.76. The number of nitrogens with one attached hydrogen (secondary N) is 1. The number of hydrogen-bond donors (Lipinski definition) is 1. The second-order valence-electron chi connectivity index (χ2n) is 9.32. The lowest BCUT2D eigenvalue weighted by molar-refractivity contribution is -0.138. The highest BCUT2D eigenvalue weighted by Gasteiger charge is 2.42. The Bertz CT molecular complexity index is 1350. The average Bonchev–Trinajstić information content (AvgIpc) is 2.91. The molecule has 0 amide bonds. The summed E-state index contributed by atoms with van der Waals surface area (Å²) in [5.74, 6) is 1.13. The molecule has 2 aromatic carbocycles. The first-order valence-corrected chi connectivity index (χ1v) is 13.7. The number of rotatable bonds is 9. The van der Waals surface area contributed by atoms with Crippen molar-refractivity contribution in [3.63, 3.8) is 0 Å². The third-order valence-corrected chi connectivity index (χ3v) is 7.66. The first-order chi connectivity index (χ1) is 18.8. The van der Waals surface area contributed by atoms with Crippen molar-refractivity contribution in [2.45, 2.75) is 45.4 Å². The molecule has 1 heterocycles. The molecule has 0 fully saturated rings. The van der Waals surface area contributed by atoms with E-state index in [0.29, 0.717) is 57.3 Å². The van der Waals surface area contributed by atoms with E-state index in [-0.39, 0.29) is 24.7 Å². The van der Waals surface area contributed by atoms with Gasteiger partial charge in [0.05, 0.1) is 44.6 Å². The molecular weight excluding hydrogens is 566 g/mol. The molecule has 2 atom stereocenters. The van der Waals surface area contributed by atoms with Crippen LogP contribution in [0.5, 0.6) is 23.0 Å². The van der Waals surface area contributed by atoms with Crippen molar-refractivity contribution in [2.24, 2.45) is 0 Å². The number of dihydropyridines is 1. The lowest BCUT2D eigenvalue weighted by Crippen LogP contribution is -2.36. The van der Waals surface area contributed by atoms with E-state index in [1.54, 1.807) is 28.3 Å². The number of methoxy groups -OCH3 is 3. The maximum Gasteiger partial charge on any atom is 0.336 e. The fourth-order valence-electron chi connectivity index (χ4n) is 5.41. The van der Waals surface area contributed by atoms with Crippen LogP contribution in [0.15, 0.2) is 57.3 Å². The Morgan fingerprint density at radius 1 is 0.949 bits per heavy atom. The number of halogens is 1. The van der Waals surface area contributed by atoms with Crippen LogP contribution in [0.2, 0.25) is 0 Å². The van der Waals surface area contributed by atoms with Crippen molar-refractivity contribution in [1.82, 2.24) is 5.32 Å². The molecule has 0 saturated heterocycles. The molecule has 0 spiro atoms. The fraction of sp³-hybridized carbons (Fsp3) is 0.400. The van der Waals surface area contributed by atoms with Crippen LogP contribution in [0.1, 0.15) is 56.6 Å². The van der Waals surface area contributed by atoms with Gasteiger partial charge in [0.25, 0.3) is 0 Å². The van der Waals surface area contributed by atoms with Gasteiger partial charge in [-0.05, 0) is 84.4 Å². The Morgan fingerprint density at radius 3 is 2.31 bits per heavy atom. The third kappa shape index (κ3) is 5.50. The zero-order chi connectivity index (χ0) is 28.3. The van der Waals surface area contributed by atoms with Crippen molar-refractivity contribution in [3.05, 3.63) is 68.5 Å². The molecule has 9 heteroatoms. The molecule has 1 aliphatic heterocycles. The Balaban J connectivity index is 1.84. The topological polar surface area (TPSA) is 92.3 Å². The molecule has 2 aromatic rings. The second-order valence-corrected chi connectivity index (χ2v) is 10.2. The van der Waals surface area contributed by atoms with Crippen LogP contribution in [0, 0.1) is 0 Å². The van der Waals surface area contributed by atoms with E-state index in [1.807, 2.05) is 44.2 Å². The number of benzene rings is 2. The summed E-state index contributed by atoms with van der Waals surface area (Å²) in [6.45, 7) is 6.15. The molecule has 208 valence electrons. The number of carbonyl (C=O) groups is 2. The minimum Gasteiger partial charge on any atom is -0.493 e. The highest BCUT2D eigenvalue weighted by Crippen LogP contribution is 2.49. The Hall–Kier alpha value is -3.46. The van der Waals surface area contributed by atoms with Gasteiger partial charge in [-0.15, -0.1) is 0 Å². The van der Waals surface area contributed by atoms with Crippen LogP contribution in [0.4, 0.5) is 0 Å².